The normalized spacial score (nSPS) is 11.0. The lowest BCUT2D eigenvalue weighted by molar-refractivity contribution is 0.560. The molecule has 13 aromatic carbocycles. The molecule has 0 aliphatic carbocycles. The van der Waals surface area contributed by atoms with Crippen molar-refractivity contribution in [1.82, 2.24) is 0 Å². The van der Waals surface area contributed by atoms with Gasteiger partial charge in [-0.15, -0.1) is 0 Å². The molecule has 3 heteroatoms. The van der Waals surface area contributed by atoms with Gasteiger partial charge >= 0.3 is 5.63 Å². The van der Waals surface area contributed by atoms with Gasteiger partial charge in [0.15, 0.2) is 0 Å². The molecule has 0 radical (unpaired) electrons. The second-order valence-corrected chi connectivity index (χ2v) is 22.7. The van der Waals surface area contributed by atoms with Gasteiger partial charge in [-0.25, -0.2) is 4.79 Å². The number of hydrogen-bond donors (Lipinski definition) is 0. The van der Waals surface area contributed by atoms with Gasteiger partial charge in [0.05, 0.1) is 0 Å². The van der Waals surface area contributed by atoms with E-state index in [0.717, 1.165) is 50.3 Å². The Kier molecular flexibility index (Phi) is 15.9. The van der Waals surface area contributed by atoms with E-state index < -0.39 is 0 Å². The highest BCUT2D eigenvalue weighted by Crippen LogP contribution is 2.45. The monoisotopic (exact) mass is 1110 g/mol. The van der Waals surface area contributed by atoms with Crippen molar-refractivity contribution in [3.63, 3.8) is 0 Å². The van der Waals surface area contributed by atoms with Gasteiger partial charge in [-0.2, -0.15) is 0 Å². The van der Waals surface area contributed by atoms with Crippen LogP contribution in [0.15, 0.2) is 270 Å². The fourth-order valence-electron chi connectivity index (χ4n) is 11.9. The molecule has 416 valence electrons. The molecule has 14 aromatic rings. The van der Waals surface area contributed by atoms with E-state index in [0.29, 0.717) is 5.58 Å². The molecule has 3 nitrogen and oxygen atoms in total. The Morgan fingerprint density at radius 3 is 1.31 bits per heavy atom. The highest BCUT2D eigenvalue weighted by atomic mass is 16.4. The second kappa shape index (κ2) is 24.4. The van der Waals surface area contributed by atoms with Gasteiger partial charge in [-0.1, -0.05) is 234 Å². The quantitative estimate of drug-likeness (QED) is 0.0906. The minimum absolute atomic E-state index is 0.325. The van der Waals surface area contributed by atoms with Crippen molar-refractivity contribution in [2.75, 3.05) is 4.90 Å². The molecule has 0 fully saturated rings. The van der Waals surface area contributed by atoms with Crippen LogP contribution in [-0.4, -0.2) is 0 Å². The van der Waals surface area contributed by atoms with Crippen LogP contribution in [0.1, 0.15) is 55.6 Å². The molecular formula is C83H67NO2. The van der Waals surface area contributed by atoms with Crippen molar-refractivity contribution in [3.05, 3.63) is 327 Å². The van der Waals surface area contributed by atoms with E-state index in [9.17, 15) is 4.79 Å². The van der Waals surface area contributed by atoms with Crippen molar-refractivity contribution in [2.24, 2.45) is 0 Å². The molecule has 0 bridgehead atoms. The van der Waals surface area contributed by atoms with Crippen molar-refractivity contribution >= 4 is 60.3 Å². The van der Waals surface area contributed by atoms with Crippen LogP contribution in [0.4, 0.5) is 17.1 Å². The predicted molar refractivity (Wildman–Crippen MR) is 366 cm³/mol. The Labute approximate surface area is 505 Å². The summed E-state index contributed by atoms with van der Waals surface area (Å²) in [6, 6.07) is 91.6. The lowest BCUT2D eigenvalue weighted by Crippen LogP contribution is -2.10. The van der Waals surface area contributed by atoms with Crippen LogP contribution in [0.3, 0.4) is 0 Å². The first kappa shape index (κ1) is 56.0. The molecule has 14 rings (SSSR count). The summed E-state index contributed by atoms with van der Waals surface area (Å²) in [5, 5.41) is 9.10. The van der Waals surface area contributed by atoms with Crippen LogP contribution in [0.2, 0.25) is 0 Å². The van der Waals surface area contributed by atoms with Gasteiger partial charge in [0.2, 0.25) is 0 Å². The minimum atomic E-state index is -0.325. The lowest BCUT2D eigenvalue weighted by atomic mass is 9.84. The molecule has 86 heavy (non-hydrogen) atoms. The fraction of sp³-hybridized carbons (Fsp3) is 0.0964. The summed E-state index contributed by atoms with van der Waals surface area (Å²) >= 11 is 0. The molecule has 0 atom stereocenters. The molecule has 0 aliphatic heterocycles. The van der Waals surface area contributed by atoms with Gasteiger partial charge in [-0.3, -0.25) is 0 Å². The molecular weight excluding hydrogens is 1040 g/mol. The third kappa shape index (κ3) is 11.6. The Balaban J connectivity index is 0.000000128. The number of hydrogen-bond acceptors (Lipinski definition) is 3. The van der Waals surface area contributed by atoms with Crippen LogP contribution in [-0.2, 0) is 0 Å². The Hall–Kier alpha value is -10.5. The van der Waals surface area contributed by atoms with Crippen LogP contribution >= 0.6 is 0 Å². The maximum Gasteiger partial charge on any atom is 0.336 e. The van der Waals surface area contributed by atoms with E-state index in [4.69, 9.17) is 4.42 Å². The summed E-state index contributed by atoms with van der Waals surface area (Å²) < 4.78 is 5.46. The molecule has 0 saturated carbocycles. The number of nitrogens with zero attached hydrogens (tertiary/aromatic N) is 1. The van der Waals surface area contributed by atoms with Crippen LogP contribution in [0.25, 0.3) is 87.8 Å². The number of anilines is 3. The van der Waals surface area contributed by atoms with Crippen LogP contribution in [0, 0.1) is 67.2 Å². The third-order valence-corrected chi connectivity index (χ3v) is 16.5. The molecule has 1 aromatic heterocycles. The minimum Gasteiger partial charge on any atom is -0.423 e. The highest BCUT2D eigenvalue weighted by molar-refractivity contribution is 6.28. The molecule has 0 amide bonds. The van der Waals surface area contributed by atoms with Gasteiger partial charge in [0, 0.05) is 45.7 Å². The van der Waals surface area contributed by atoms with Gasteiger partial charge < -0.3 is 9.32 Å². The Bertz CT molecular complexity index is 4770. The first-order valence-electron chi connectivity index (χ1n) is 29.5. The molecule has 0 aliphatic rings. The first-order chi connectivity index (χ1) is 41.8. The highest BCUT2D eigenvalue weighted by Gasteiger charge is 2.19. The largest absolute Gasteiger partial charge is 0.423 e. The topological polar surface area (TPSA) is 33.5 Å². The maximum atomic E-state index is 11.8. The maximum absolute atomic E-state index is 11.8. The smallest absolute Gasteiger partial charge is 0.336 e. The molecule has 0 spiro atoms. The SMILES string of the molecule is C(#Cc1ccccc1-c1ccccc1)c1ccccc1-c1ccccc1.Cc1ccc(C)c(-c2ccc3ccc4c(-c5cc(C)ccc5C)cc(C)c5ccc2c3c54)c1.Cc1ccc(N(c2ccc(C)cc2)c2ccc3c(C)cc(=O)oc3c2)cc1. The third-order valence-electron chi connectivity index (χ3n) is 16.5. The van der Waals surface area contributed by atoms with Gasteiger partial charge in [0.1, 0.15) is 5.58 Å². The summed E-state index contributed by atoms with van der Waals surface area (Å²) in [6.07, 6.45) is 0. The van der Waals surface area contributed by atoms with E-state index in [1.165, 1.54) is 111 Å². The van der Waals surface area contributed by atoms with Gasteiger partial charge in [0.25, 0.3) is 0 Å². The summed E-state index contributed by atoms with van der Waals surface area (Å²) in [7, 11) is 0. The van der Waals surface area contributed by atoms with Crippen molar-refractivity contribution in [2.45, 2.75) is 55.4 Å². The summed E-state index contributed by atoms with van der Waals surface area (Å²) in [6.45, 7) is 17.1. The first-order valence-corrected chi connectivity index (χ1v) is 29.5. The summed E-state index contributed by atoms with van der Waals surface area (Å²) in [5.41, 5.74) is 25.4. The predicted octanol–water partition coefficient (Wildman–Crippen LogP) is 22.1. The molecule has 1 heterocycles. The van der Waals surface area contributed by atoms with Gasteiger partial charge in [-0.05, 0) is 203 Å². The van der Waals surface area contributed by atoms with Crippen LogP contribution in [0.5, 0.6) is 0 Å². The summed E-state index contributed by atoms with van der Waals surface area (Å²) in [4.78, 5) is 14.0. The lowest BCUT2D eigenvalue weighted by Gasteiger charge is -2.26. The average molecular weight is 1110 g/mol. The second-order valence-electron chi connectivity index (χ2n) is 22.7. The van der Waals surface area contributed by atoms with E-state index in [1.54, 1.807) is 0 Å². The molecule has 0 saturated heterocycles. The standard InChI is InChI=1S/C33H28.C26H18.C24H21NO2/c1-19-6-8-21(3)29(16-19)26-12-10-24-11-13-28-31(30-17-20(2)7-9-22(30)4)18-23(5)25-14-15-27(26)32(24)33(25)28;1-3-11-21(12-4-1)25-17-9-7-15-23(25)19-20-24-16-8-10-18-26(24)22-13-5-2-6-14-22;1-16-4-8-19(9-5-16)25(20-10-6-17(2)7-11-20)21-12-13-22-18(3)14-24(26)27-23(22)15-21/h6-18H,1-5H3;1-18H;4-15H,1-3H3. The Morgan fingerprint density at radius 1 is 0.302 bits per heavy atom. The fourth-order valence-corrected chi connectivity index (χ4v) is 11.9. The zero-order valence-corrected chi connectivity index (χ0v) is 50.1. The Morgan fingerprint density at radius 2 is 0.744 bits per heavy atom. The van der Waals surface area contributed by atoms with Crippen molar-refractivity contribution in [3.8, 4) is 56.3 Å². The average Bonchev–Trinajstić information content (AvgIpc) is 1.12. The van der Waals surface area contributed by atoms with E-state index >= 15 is 0 Å². The van der Waals surface area contributed by atoms with E-state index in [1.807, 2.05) is 43.3 Å². The zero-order chi connectivity index (χ0) is 59.4. The van der Waals surface area contributed by atoms with Crippen molar-refractivity contribution in [1.29, 1.82) is 0 Å². The van der Waals surface area contributed by atoms with E-state index in [2.05, 4.69) is 284 Å². The molecule has 0 unspecified atom stereocenters. The zero-order valence-electron chi connectivity index (χ0n) is 50.1. The number of fused-ring (bicyclic) bond motifs is 1. The number of aryl methyl sites for hydroxylation is 8. The number of benzene rings is 13. The van der Waals surface area contributed by atoms with E-state index in [-0.39, 0.29) is 5.63 Å². The van der Waals surface area contributed by atoms with Crippen LogP contribution < -0.4 is 10.5 Å². The summed E-state index contributed by atoms with van der Waals surface area (Å²) in [5.74, 6) is 6.78. The number of rotatable bonds is 7. The van der Waals surface area contributed by atoms with Crippen molar-refractivity contribution < 1.29 is 4.42 Å². The molecule has 0 N–H and O–H groups in total.